The van der Waals surface area contributed by atoms with Crippen molar-refractivity contribution in [2.75, 3.05) is 5.73 Å². The van der Waals surface area contributed by atoms with E-state index in [9.17, 15) is 0 Å². The molecule has 2 rings (SSSR count). The molecule has 1 aliphatic carbocycles. The van der Waals surface area contributed by atoms with E-state index in [4.69, 9.17) is 10.7 Å². The van der Waals surface area contributed by atoms with E-state index in [1.165, 1.54) is 31.5 Å². The zero-order valence-corrected chi connectivity index (χ0v) is 13.2. The van der Waals surface area contributed by atoms with Crippen LogP contribution in [-0.4, -0.2) is 9.55 Å². The first-order chi connectivity index (χ1) is 8.80. The van der Waals surface area contributed by atoms with Crippen LogP contribution in [0.15, 0.2) is 0 Å². The highest BCUT2D eigenvalue weighted by molar-refractivity contribution is 5.43. The maximum Gasteiger partial charge on any atom is 0.127 e. The molecule has 0 aliphatic heterocycles. The lowest BCUT2D eigenvalue weighted by Crippen LogP contribution is -2.16. The molecule has 0 aromatic carbocycles. The van der Waals surface area contributed by atoms with Gasteiger partial charge in [0.1, 0.15) is 11.6 Å². The molecule has 0 saturated heterocycles. The Morgan fingerprint density at radius 2 is 1.84 bits per heavy atom. The topological polar surface area (TPSA) is 43.8 Å². The van der Waals surface area contributed by atoms with Gasteiger partial charge in [0.05, 0.1) is 5.69 Å². The number of rotatable bonds is 3. The molecule has 0 amide bonds. The van der Waals surface area contributed by atoms with E-state index < -0.39 is 0 Å². The molecule has 2 N–H and O–H groups in total. The third-order valence-electron chi connectivity index (χ3n) is 4.01. The summed E-state index contributed by atoms with van der Waals surface area (Å²) in [5.41, 5.74) is 7.51. The van der Waals surface area contributed by atoms with Gasteiger partial charge in [-0.3, -0.25) is 0 Å². The fraction of sp³-hybridized carbons (Fsp3) is 0.812. The van der Waals surface area contributed by atoms with Crippen LogP contribution < -0.4 is 5.73 Å². The van der Waals surface area contributed by atoms with Gasteiger partial charge in [-0.15, -0.1) is 0 Å². The van der Waals surface area contributed by atoms with Crippen molar-refractivity contribution in [3.63, 3.8) is 0 Å². The Kier molecular flexibility index (Phi) is 3.93. The van der Waals surface area contributed by atoms with Crippen molar-refractivity contribution in [3.05, 3.63) is 11.5 Å². The van der Waals surface area contributed by atoms with Gasteiger partial charge in [0, 0.05) is 17.9 Å². The molecule has 108 valence electrons. The minimum Gasteiger partial charge on any atom is -0.384 e. The Labute approximate surface area is 117 Å². The molecular formula is C16H29N3. The summed E-state index contributed by atoms with van der Waals surface area (Å²) in [6.45, 7) is 12.1. The summed E-state index contributed by atoms with van der Waals surface area (Å²) in [6.07, 6.45) is 5.23. The van der Waals surface area contributed by atoms with Crippen LogP contribution in [0.5, 0.6) is 0 Å². The summed E-state index contributed by atoms with van der Waals surface area (Å²) in [4.78, 5) is 4.95. The zero-order chi connectivity index (χ0) is 14.2. The number of anilines is 1. The summed E-state index contributed by atoms with van der Waals surface area (Å²) in [5, 5.41) is 0. The number of hydrogen-bond acceptors (Lipinski definition) is 2. The fourth-order valence-corrected chi connectivity index (χ4v) is 3.09. The first-order valence-electron chi connectivity index (χ1n) is 7.67. The van der Waals surface area contributed by atoms with E-state index in [1.807, 2.05) is 0 Å². The van der Waals surface area contributed by atoms with Crippen LogP contribution in [0.2, 0.25) is 0 Å². The van der Waals surface area contributed by atoms with Crippen molar-refractivity contribution >= 4 is 5.82 Å². The molecule has 1 aromatic rings. The first-order valence-corrected chi connectivity index (χ1v) is 7.67. The molecule has 1 aliphatic rings. The average Bonchev–Trinajstić information content (AvgIpc) is 2.86. The largest absolute Gasteiger partial charge is 0.384 e. The van der Waals surface area contributed by atoms with Crippen LogP contribution in [0.3, 0.4) is 0 Å². The van der Waals surface area contributed by atoms with E-state index in [0.29, 0.717) is 11.8 Å². The lowest BCUT2D eigenvalue weighted by molar-refractivity contribution is 0.492. The predicted molar refractivity (Wildman–Crippen MR) is 81.4 cm³/mol. The number of aromatic nitrogens is 2. The molecule has 0 unspecified atom stereocenters. The Bertz CT molecular complexity index is 432. The van der Waals surface area contributed by atoms with Crippen molar-refractivity contribution in [1.29, 1.82) is 0 Å². The van der Waals surface area contributed by atoms with Gasteiger partial charge in [-0.2, -0.15) is 0 Å². The molecule has 1 saturated carbocycles. The third-order valence-corrected chi connectivity index (χ3v) is 4.01. The summed E-state index contributed by atoms with van der Waals surface area (Å²) in [7, 11) is 0. The molecule has 0 atom stereocenters. The molecular weight excluding hydrogens is 234 g/mol. The lowest BCUT2D eigenvalue weighted by Gasteiger charge is -2.17. The molecule has 0 bridgehead atoms. The molecule has 3 nitrogen and oxygen atoms in total. The zero-order valence-electron chi connectivity index (χ0n) is 13.2. The minimum absolute atomic E-state index is 0.0274. The van der Waals surface area contributed by atoms with Crippen molar-refractivity contribution in [2.24, 2.45) is 5.92 Å². The van der Waals surface area contributed by atoms with Crippen LogP contribution in [0, 0.1) is 5.92 Å². The van der Waals surface area contributed by atoms with Crippen molar-refractivity contribution < 1.29 is 0 Å². The van der Waals surface area contributed by atoms with Crippen LogP contribution in [-0.2, 0) is 12.0 Å². The molecule has 19 heavy (non-hydrogen) atoms. The Hall–Kier alpha value is -0.990. The number of imidazole rings is 1. The SMILES string of the molecule is CC(C)Cn1c(C2CCCC2)nc(C(C)(C)C)c1N. The highest BCUT2D eigenvalue weighted by Gasteiger charge is 2.29. The quantitative estimate of drug-likeness (QED) is 0.893. The standard InChI is InChI=1S/C16H29N3/c1-11(2)10-19-14(17)13(16(3,4)5)18-15(19)12-8-6-7-9-12/h11-12H,6-10,17H2,1-5H3. The maximum atomic E-state index is 6.41. The predicted octanol–water partition coefficient (Wildman–Crippen LogP) is 4.08. The lowest BCUT2D eigenvalue weighted by atomic mass is 9.92. The van der Waals surface area contributed by atoms with Gasteiger partial charge in [-0.1, -0.05) is 47.5 Å². The molecule has 0 radical (unpaired) electrons. The molecule has 0 spiro atoms. The summed E-state index contributed by atoms with van der Waals surface area (Å²) < 4.78 is 2.29. The van der Waals surface area contributed by atoms with Gasteiger partial charge in [0.15, 0.2) is 0 Å². The Morgan fingerprint density at radius 3 is 2.32 bits per heavy atom. The minimum atomic E-state index is 0.0274. The van der Waals surface area contributed by atoms with Gasteiger partial charge < -0.3 is 10.3 Å². The van der Waals surface area contributed by atoms with Crippen LogP contribution >= 0.6 is 0 Å². The van der Waals surface area contributed by atoms with Gasteiger partial charge >= 0.3 is 0 Å². The van der Waals surface area contributed by atoms with Crippen molar-refractivity contribution in [1.82, 2.24) is 9.55 Å². The van der Waals surface area contributed by atoms with Crippen molar-refractivity contribution in [2.45, 2.75) is 78.2 Å². The summed E-state index contributed by atoms with van der Waals surface area (Å²) in [6, 6.07) is 0. The first kappa shape index (κ1) is 14.4. The van der Waals surface area contributed by atoms with E-state index in [-0.39, 0.29) is 5.41 Å². The Balaban J connectivity index is 2.44. The normalized spacial score (nSPS) is 17.6. The van der Waals surface area contributed by atoms with Crippen molar-refractivity contribution in [3.8, 4) is 0 Å². The summed E-state index contributed by atoms with van der Waals surface area (Å²) in [5.74, 6) is 3.36. The van der Waals surface area contributed by atoms with Crippen LogP contribution in [0.1, 0.15) is 77.7 Å². The highest BCUT2D eigenvalue weighted by atomic mass is 15.2. The molecule has 1 aromatic heterocycles. The smallest absolute Gasteiger partial charge is 0.127 e. The van der Waals surface area contributed by atoms with Crippen LogP contribution in [0.4, 0.5) is 5.82 Å². The molecule has 1 heterocycles. The second-order valence-corrected chi connectivity index (χ2v) is 7.44. The van der Waals surface area contributed by atoms with Gasteiger partial charge in [-0.25, -0.2) is 4.98 Å². The second kappa shape index (κ2) is 5.18. The third kappa shape index (κ3) is 2.96. The number of hydrogen-bond donors (Lipinski definition) is 1. The fourth-order valence-electron chi connectivity index (χ4n) is 3.09. The van der Waals surface area contributed by atoms with E-state index in [2.05, 4.69) is 39.2 Å². The molecule has 3 heteroatoms. The molecule has 1 fully saturated rings. The summed E-state index contributed by atoms with van der Waals surface area (Å²) >= 11 is 0. The van der Waals surface area contributed by atoms with E-state index in [0.717, 1.165) is 18.1 Å². The van der Waals surface area contributed by atoms with Gasteiger partial charge in [-0.05, 0) is 18.8 Å². The highest BCUT2D eigenvalue weighted by Crippen LogP contribution is 2.37. The van der Waals surface area contributed by atoms with E-state index in [1.54, 1.807) is 0 Å². The van der Waals surface area contributed by atoms with Gasteiger partial charge in [0.2, 0.25) is 0 Å². The number of nitrogens with two attached hydrogens (primary N) is 1. The monoisotopic (exact) mass is 263 g/mol. The van der Waals surface area contributed by atoms with Crippen LogP contribution in [0.25, 0.3) is 0 Å². The second-order valence-electron chi connectivity index (χ2n) is 7.44. The number of nitrogen functional groups attached to an aromatic ring is 1. The Morgan fingerprint density at radius 1 is 1.26 bits per heavy atom. The average molecular weight is 263 g/mol. The van der Waals surface area contributed by atoms with Gasteiger partial charge in [0.25, 0.3) is 0 Å². The maximum absolute atomic E-state index is 6.41. The van der Waals surface area contributed by atoms with E-state index >= 15 is 0 Å². The number of nitrogens with zero attached hydrogens (tertiary/aromatic N) is 2.